The molecule has 1 aromatic heterocycles. The standard InChI is InChI=1S/C20H19FN2O3/c1-13-9-18(17-8-7-14(21)10-19(17)23-13)20(25)22-11-15(24)12-26-16-5-3-2-4-6-16/h2-10,15,24H,11-12H2,1H3,(H,22,25)/t15-/m1/s1. The SMILES string of the molecule is Cc1cc(C(=O)NC[C@@H](O)COc2ccccc2)c2ccc(F)cc2n1. The van der Waals surface area contributed by atoms with E-state index >= 15 is 0 Å². The van der Waals surface area contributed by atoms with Gasteiger partial charge in [-0.3, -0.25) is 9.78 Å². The average Bonchev–Trinajstić information content (AvgIpc) is 2.64. The minimum absolute atomic E-state index is 0.0374. The Bertz CT molecular complexity index is 910. The van der Waals surface area contributed by atoms with Crippen LogP contribution in [0.15, 0.2) is 54.6 Å². The monoisotopic (exact) mass is 354 g/mol. The Labute approximate surface area is 150 Å². The number of aliphatic hydroxyl groups is 1. The van der Waals surface area contributed by atoms with Crippen molar-refractivity contribution in [2.45, 2.75) is 13.0 Å². The topological polar surface area (TPSA) is 71.5 Å². The quantitative estimate of drug-likeness (QED) is 0.714. The molecule has 0 fully saturated rings. The number of aliphatic hydroxyl groups excluding tert-OH is 1. The van der Waals surface area contributed by atoms with Crippen LogP contribution in [0, 0.1) is 12.7 Å². The molecule has 0 radical (unpaired) electrons. The van der Waals surface area contributed by atoms with Crippen molar-refractivity contribution < 1.29 is 19.0 Å². The summed E-state index contributed by atoms with van der Waals surface area (Å²) in [6, 6.07) is 14.9. The summed E-state index contributed by atoms with van der Waals surface area (Å²) in [5, 5.41) is 13.2. The van der Waals surface area contributed by atoms with Gasteiger partial charge in [0.1, 0.15) is 24.3 Å². The highest BCUT2D eigenvalue weighted by atomic mass is 19.1. The molecule has 2 aromatic carbocycles. The number of amides is 1. The summed E-state index contributed by atoms with van der Waals surface area (Å²) in [7, 11) is 0. The molecule has 0 bridgehead atoms. The number of benzene rings is 2. The highest BCUT2D eigenvalue weighted by Crippen LogP contribution is 2.19. The highest BCUT2D eigenvalue weighted by Gasteiger charge is 2.14. The predicted octanol–water partition coefficient (Wildman–Crippen LogP) is 2.85. The van der Waals surface area contributed by atoms with E-state index in [1.165, 1.54) is 18.2 Å². The Morgan fingerprint density at radius 1 is 1.23 bits per heavy atom. The first-order valence-corrected chi connectivity index (χ1v) is 8.24. The van der Waals surface area contributed by atoms with Crippen LogP contribution in [0.3, 0.4) is 0 Å². The molecule has 2 N–H and O–H groups in total. The van der Waals surface area contributed by atoms with Crippen molar-refractivity contribution >= 4 is 16.8 Å². The Morgan fingerprint density at radius 3 is 2.77 bits per heavy atom. The summed E-state index contributed by atoms with van der Waals surface area (Å²) < 4.78 is 18.8. The van der Waals surface area contributed by atoms with Crippen LogP contribution in [0.2, 0.25) is 0 Å². The largest absolute Gasteiger partial charge is 0.491 e. The summed E-state index contributed by atoms with van der Waals surface area (Å²) in [6.45, 7) is 1.84. The van der Waals surface area contributed by atoms with E-state index in [0.29, 0.717) is 27.9 Å². The van der Waals surface area contributed by atoms with E-state index in [1.54, 1.807) is 25.1 Å². The second-order valence-electron chi connectivity index (χ2n) is 5.96. The molecule has 26 heavy (non-hydrogen) atoms. The van der Waals surface area contributed by atoms with E-state index in [2.05, 4.69) is 10.3 Å². The lowest BCUT2D eigenvalue weighted by atomic mass is 10.1. The number of para-hydroxylation sites is 1. The van der Waals surface area contributed by atoms with Crippen molar-refractivity contribution in [2.24, 2.45) is 0 Å². The maximum atomic E-state index is 13.4. The van der Waals surface area contributed by atoms with Crippen molar-refractivity contribution in [3.8, 4) is 5.75 Å². The fourth-order valence-electron chi connectivity index (χ4n) is 2.60. The van der Waals surface area contributed by atoms with Gasteiger partial charge in [0.2, 0.25) is 0 Å². The van der Waals surface area contributed by atoms with Crippen molar-refractivity contribution in [1.29, 1.82) is 0 Å². The average molecular weight is 354 g/mol. The van der Waals surface area contributed by atoms with E-state index in [1.807, 2.05) is 18.2 Å². The fourth-order valence-corrected chi connectivity index (χ4v) is 2.60. The second kappa shape index (κ2) is 7.93. The summed E-state index contributed by atoms with van der Waals surface area (Å²) in [4.78, 5) is 16.7. The number of carbonyl (C=O) groups is 1. The molecule has 6 heteroatoms. The van der Waals surface area contributed by atoms with Gasteiger partial charge in [-0.1, -0.05) is 18.2 Å². The van der Waals surface area contributed by atoms with Crippen LogP contribution in [0.4, 0.5) is 4.39 Å². The van der Waals surface area contributed by atoms with Gasteiger partial charge in [0.25, 0.3) is 5.91 Å². The number of aryl methyl sites for hydroxylation is 1. The van der Waals surface area contributed by atoms with Crippen LogP contribution in [0.5, 0.6) is 5.75 Å². The van der Waals surface area contributed by atoms with Gasteiger partial charge in [0, 0.05) is 23.7 Å². The number of fused-ring (bicyclic) bond motifs is 1. The van der Waals surface area contributed by atoms with Gasteiger partial charge < -0.3 is 15.2 Å². The normalized spacial score (nSPS) is 12.0. The molecule has 134 valence electrons. The zero-order valence-corrected chi connectivity index (χ0v) is 14.3. The summed E-state index contributed by atoms with van der Waals surface area (Å²) in [5.74, 6) is -0.114. The first-order valence-electron chi connectivity index (χ1n) is 8.24. The lowest BCUT2D eigenvalue weighted by molar-refractivity contribution is 0.0845. The number of hydrogen-bond donors (Lipinski definition) is 2. The zero-order valence-electron chi connectivity index (χ0n) is 14.3. The number of pyridine rings is 1. The van der Waals surface area contributed by atoms with Crippen molar-refractivity contribution in [2.75, 3.05) is 13.2 Å². The third kappa shape index (κ3) is 4.34. The van der Waals surface area contributed by atoms with Crippen LogP contribution in [0.25, 0.3) is 10.9 Å². The number of hydrogen-bond acceptors (Lipinski definition) is 4. The van der Waals surface area contributed by atoms with Gasteiger partial charge in [0.15, 0.2) is 0 Å². The summed E-state index contributed by atoms with van der Waals surface area (Å²) >= 11 is 0. The molecule has 0 saturated heterocycles. The number of nitrogens with one attached hydrogen (secondary N) is 1. The van der Waals surface area contributed by atoms with E-state index in [4.69, 9.17) is 4.74 Å². The molecule has 0 aliphatic rings. The molecule has 1 atom stereocenters. The van der Waals surface area contributed by atoms with Crippen molar-refractivity contribution in [3.05, 3.63) is 71.7 Å². The fraction of sp³-hybridized carbons (Fsp3) is 0.200. The highest BCUT2D eigenvalue weighted by molar-refractivity contribution is 6.06. The van der Waals surface area contributed by atoms with E-state index < -0.39 is 11.9 Å². The third-order valence-corrected chi connectivity index (χ3v) is 3.83. The van der Waals surface area contributed by atoms with Gasteiger partial charge in [-0.15, -0.1) is 0 Å². The van der Waals surface area contributed by atoms with Gasteiger partial charge in [-0.25, -0.2) is 4.39 Å². The molecule has 0 aliphatic heterocycles. The molecule has 0 unspecified atom stereocenters. The van der Waals surface area contributed by atoms with E-state index in [-0.39, 0.29) is 19.1 Å². The smallest absolute Gasteiger partial charge is 0.252 e. The molecule has 3 aromatic rings. The number of aromatic nitrogens is 1. The second-order valence-corrected chi connectivity index (χ2v) is 5.96. The number of carbonyl (C=O) groups excluding carboxylic acids is 1. The maximum absolute atomic E-state index is 13.4. The van der Waals surface area contributed by atoms with E-state index in [0.717, 1.165) is 0 Å². The Hall–Kier alpha value is -2.99. The first-order chi connectivity index (χ1) is 12.5. The minimum Gasteiger partial charge on any atom is -0.491 e. The molecule has 1 amide bonds. The maximum Gasteiger partial charge on any atom is 0.252 e. The zero-order chi connectivity index (χ0) is 18.5. The first kappa shape index (κ1) is 17.8. The molecule has 0 aliphatic carbocycles. The van der Waals surface area contributed by atoms with Crippen molar-refractivity contribution in [1.82, 2.24) is 10.3 Å². The van der Waals surface area contributed by atoms with Gasteiger partial charge in [-0.2, -0.15) is 0 Å². The van der Waals surface area contributed by atoms with Crippen LogP contribution >= 0.6 is 0 Å². The van der Waals surface area contributed by atoms with Crippen LogP contribution in [-0.2, 0) is 0 Å². The lowest BCUT2D eigenvalue weighted by Crippen LogP contribution is -2.35. The van der Waals surface area contributed by atoms with Crippen LogP contribution in [-0.4, -0.2) is 35.3 Å². The number of halogens is 1. The predicted molar refractivity (Wildman–Crippen MR) is 96.7 cm³/mol. The van der Waals surface area contributed by atoms with E-state index in [9.17, 15) is 14.3 Å². The number of rotatable bonds is 6. The molecule has 1 heterocycles. The van der Waals surface area contributed by atoms with Crippen LogP contribution in [0.1, 0.15) is 16.1 Å². The van der Waals surface area contributed by atoms with Gasteiger partial charge in [0.05, 0.1) is 11.1 Å². The molecule has 0 spiro atoms. The number of ether oxygens (including phenoxy) is 1. The molecule has 5 nitrogen and oxygen atoms in total. The summed E-state index contributed by atoms with van der Waals surface area (Å²) in [5.41, 5.74) is 1.42. The molecule has 3 rings (SSSR count). The summed E-state index contributed by atoms with van der Waals surface area (Å²) in [6.07, 6.45) is -0.856. The lowest BCUT2D eigenvalue weighted by Gasteiger charge is -2.14. The molecule has 0 saturated carbocycles. The Kier molecular flexibility index (Phi) is 5.43. The minimum atomic E-state index is -0.856. The van der Waals surface area contributed by atoms with Gasteiger partial charge in [-0.05, 0) is 37.3 Å². The Morgan fingerprint density at radius 2 is 2.00 bits per heavy atom. The van der Waals surface area contributed by atoms with Crippen LogP contribution < -0.4 is 10.1 Å². The van der Waals surface area contributed by atoms with Crippen molar-refractivity contribution in [3.63, 3.8) is 0 Å². The molecular weight excluding hydrogens is 335 g/mol. The third-order valence-electron chi connectivity index (χ3n) is 3.83. The molecular formula is C20H19FN2O3. The van der Waals surface area contributed by atoms with Gasteiger partial charge >= 0.3 is 0 Å². The number of nitrogens with zero attached hydrogens (tertiary/aromatic N) is 1. The Balaban J connectivity index is 1.64.